The molecule has 0 spiro atoms. The van der Waals surface area contributed by atoms with Gasteiger partial charge in [0.05, 0.1) is 29.4 Å². The van der Waals surface area contributed by atoms with Crippen LogP contribution in [0.2, 0.25) is 0 Å². The van der Waals surface area contributed by atoms with Gasteiger partial charge in [-0.3, -0.25) is 9.78 Å². The highest BCUT2D eigenvalue weighted by Crippen LogP contribution is 2.41. The molecule has 3 heterocycles. The number of pyridine rings is 1. The quantitative estimate of drug-likeness (QED) is 0.279. The largest absolute Gasteiger partial charge is 0.496 e. The number of carbonyl (C=O) groups is 1. The molecule has 0 unspecified atom stereocenters. The fourth-order valence-corrected chi connectivity index (χ4v) is 5.66. The molecule has 0 amide bonds. The van der Waals surface area contributed by atoms with Crippen LogP contribution in [0.15, 0.2) is 41.2 Å². The highest BCUT2D eigenvalue weighted by molar-refractivity contribution is 5.99. The minimum atomic E-state index is -0.0109. The normalized spacial score (nSPS) is 15.5. The lowest BCUT2D eigenvalue weighted by Crippen LogP contribution is -2.25. The second kappa shape index (κ2) is 8.99. The highest BCUT2D eigenvalue weighted by Gasteiger charge is 2.28. The summed E-state index contributed by atoms with van der Waals surface area (Å²) in [6.07, 6.45) is 10.5. The summed E-state index contributed by atoms with van der Waals surface area (Å²) in [5.41, 5.74) is 7.80. The summed E-state index contributed by atoms with van der Waals surface area (Å²) in [4.78, 5) is 17.0. The predicted molar refractivity (Wildman–Crippen MR) is 138 cm³/mol. The molecule has 0 atom stereocenters. The molecule has 3 aromatic heterocycles. The molecule has 6 nitrogen and oxygen atoms in total. The number of ketones is 1. The number of benzene rings is 1. The number of aryl methyl sites for hydroxylation is 2. The van der Waals surface area contributed by atoms with E-state index in [4.69, 9.17) is 14.2 Å². The second-order valence-electron chi connectivity index (χ2n) is 10.3. The fourth-order valence-electron chi connectivity index (χ4n) is 5.66. The van der Waals surface area contributed by atoms with Gasteiger partial charge in [0.15, 0.2) is 5.78 Å². The Kier molecular flexibility index (Phi) is 5.99. The molecule has 0 saturated heterocycles. The van der Waals surface area contributed by atoms with E-state index in [1.807, 2.05) is 38.2 Å². The second-order valence-corrected chi connectivity index (χ2v) is 10.3. The van der Waals surface area contributed by atoms with E-state index in [2.05, 4.69) is 28.9 Å². The summed E-state index contributed by atoms with van der Waals surface area (Å²) in [5, 5.41) is 4.14. The number of nitrogens with zero attached hydrogens (tertiary/aromatic N) is 3. The Labute approximate surface area is 206 Å². The number of ether oxygens (including phenoxy) is 1. The lowest BCUT2D eigenvalue weighted by atomic mass is 9.75. The van der Waals surface area contributed by atoms with E-state index in [0.29, 0.717) is 11.3 Å². The number of carbonyl (C=O) groups excluding carboxylic acids is 1. The zero-order valence-corrected chi connectivity index (χ0v) is 21.3. The van der Waals surface area contributed by atoms with Crippen molar-refractivity contribution in [3.8, 4) is 28.0 Å². The maximum absolute atomic E-state index is 12.0. The third kappa shape index (κ3) is 4.26. The standard InChI is InChI=1S/C29H33N3O3/c1-18-27(20(3)35-31-18)22-13-25-28(30-15-22)24(16-32(25)17-29(4)11-7-6-8-12-29)21-9-10-23(19(2)33)26(14-21)34-5/h9-10,13-16H,6-8,11-12,17H2,1-5H3. The van der Waals surface area contributed by atoms with Crippen molar-refractivity contribution in [3.05, 3.63) is 53.7 Å². The Hall–Kier alpha value is -3.41. The predicted octanol–water partition coefficient (Wildman–Crippen LogP) is 7.16. The van der Waals surface area contributed by atoms with Crippen LogP contribution in [0.5, 0.6) is 5.75 Å². The topological polar surface area (TPSA) is 70.2 Å². The van der Waals surface area contributed by atoms with Crippen molar-refractivity contribution in [2.75, 3.05) is 7.11 Å². The van der Waals surface area contributed by atoms with Gasteiger partial charge in [-0.25, -0.2) is 0 Å². The molecule has 1 aliphatic rings. The minimum absolute atomic E-state index is 0.0109. The van der Waals surface area contributed by atoms with Gasteiger partial charge in [0, 0.05) is 35.6 Å². The Morgan fingerprint density at radius 1 is 1.14 bits per heavy atom. The molecule has 1 aromatic carbocycles. The van der Waals surface area contributed by atoms with Crippen LogP contribution >= 0.6 is 0 Å². The van der Waals surface area contributed by atoms with Gasteiger partial charge in [0.2, 0.25) is 0 Å². The average Bonchev–Trinajstić information content (AvgIpc) is 3.37. The Balaban J connectivity index is 1.68. The number of hydrogen-bond donors (Lipinski definition) is 0. The molecule has 0 N–H and O–H groups in total. The van der Waals surface area contributed by atoms with Gasteiger partial charge in [0.1, 0.15) is 11.5 Å². The number of aromatic nitrogens is 3. The van der Waals surface area contributed by atoms with Gasteiger partial charge in [-0.15, -0.1) is 0 Å². The summed E-state index contributed by atoms with van der Waals surface area (Å²) in [5.74, 6) is 1.37. The van der Waals surface area contributed by atoms with E-state index < -0.39 is 0 Å². The first-order valence-electron chi connectivity index (χ1n) is 12.4. The summed E-state index contributed by atoms with van der Waals surface area (Å²) >= 11 is 0. The van der Waals surface area contributed by atoms with Crippen LogP contribution in [0.25, 0.3) is 33.3 Å². The summed E-state index contributed by atoms with van der Waals surface area (Å²) in [6, 6.07) is 8.00. The molecule has 6 heteroatoms. The molecule has 0 aliphatic heterocycles. The average molecular weight is 472 g/mol. The molecule has 1 aliphatic carbocycles. The van der Waals surface area contributed by atoms with E-state index in [1.165, 1.54) is 32.1 Å². The molecule has 182 valence electrons. The summed E-state index contributed by atoms with van der Waals surface area (Å²) in [7, 11) is 1.60. The summed E-state index contributed by atoms with van der Waals surface area (Å²) in [6.45, 7) is 8.82. The Bertz CT molecular complexity index is 1390. The monoisotopic (exact) mass is 471 g/mol. The van der Waals surface area contributed by atoms with Crippen LogP contribution in [0.1, 0.15) is 67.8 Å². The van der Waals surface area contributed by atoms with Crippen molar-refractivity contribution in [1.29, 1.82) is 0 Å². The van der Waals surface area contributed by atoms with Crippen molar-refractivity contribution in [1.82, 2.24) is 14.7 Å². The van der Waals surface area contributed by atoms with E-state index >= 15 is 0 Å². The molecule has 1 saturated carbocycles. The molecular weight excluding hydrogens is 438 g/mol. The molecule has 35 heavy (non-hydrogen) atoms. The third-order valence-electron chi connectivity index (χ3n) is 7.54. The first kappa shape index (κ1) is 23.3. The number of methoxy groups -OCH3 is 1. The highest BCUT2D eigenvalue weighted by atomic mass is 16.5. The van der Waals surface area contributed by atoms with Crippen LogP contribution < -0.4 is 4.74 Å². The van der Waals surface area contributed by atoms with Crippen LogP contribution in [0.3, 0.4) is 0 Å². The van der Waals surface area contributed by atoms with Crippen molar-refractivity contribution in [2.45, 2.75) is 66.3 Å². The Morgan fingerprint density at radius 3 is 2.57 bits per heavy atom. The maximum atomic E-state index is 12.0. The van der Waals surface area contributed by atoms with Gasteiger partial charge in [0.25, 0.3) is 0 Å². The zero-order valence-electron chi connectivity index (χ0n) is 21.3. The first-order valence-corrected chi connectivity index (χ1v) is 12.4. The number of fused-ring (bicyclic) bond motifs is 1. The van der Waals surface area contributed by atoms with Crippen molar-refractivity contribution in [2.24, 2.45) is 5.41 Å². The lowest BCUT2D eigenvalue weighted by Gasteiger charge is -2.34. The summed E-state index contributed by atoms with van der Waals surface area (Å²) < 4.78 is 13.4. The van der Waals surface area contributed by atoms with Crippen molar-refractivity contribution >= 4 is 16.8 Å². The third-order valence-corrected chi connectivity index (χ3v) is 7.54. The maximum Gasteiger partial charge on any atom is 0.163 e. The smallest absolute Gasteiger partial charge is 0.163 e. The van der Waals surface area contributed by atoms with Crippen molar-refractivity contribution in [3.63, 3.8) is 0 Å². The van der Waals surface area contributed by atoms with Crippen LogP contribution in [0, 0.1) is 19.3 Å². The van der Waals surface area contributed by atoms with Crippen molar-refractivity contribution < 1.29 is 14.1 Å². The van der Waals surface area contributed by atoms with Gasteiger partial charge >= 0.3 is 0 Å². The fraction of sp³-hybridized carbons (Fsp3) is 0.414. The number of Topliss-reactive ketones (excluding diaryl/α,β-unsaturated/α-hetero) is 1. The molecule has 5 rings (SSSR count). The van der Waals surface area contributed by atoms with E-state index in [1.54, 1.807) is 14.0 Å². The van der Waals surface area contributed by atoms with E-state index in [9.17, 15) is 4.79 Å². The Morgan fingerprint density at radius 2 is 1.91 bits per heavy atom. The number of hydrogen-bond acceptors (Lipinski definition) is 5. The zero-order chi connectivity index (χ0) is 24.7. The van der Waals surface area contributed by atoms with Gasteiger partial charge < -0.3 is 13.8 Å². The molecule has 4 aromatic rings. The molecule has 0 radical (unpaired) electrons. The molecule has 1 fully saturated rings. The SMILES string of the molecule is COc1cc(-c2cn(CC3(C)CCCCC3)c3cc(-c4c(C)noc4C)cnc23)ccc1C(C)=O. The number of rotatable bonds is 6. The van der Waals surface area contributed by atoms with E-state index in [-0.39, 0.29) is 11.2 Å². The lowest BCUT2D eigenvalue weighted by molar-refractivity contribution is 0.101. The van der Waals surface area contributed by atoms with Crippen LogP contribution in [-0.2, 0) is 6.54 Å². The van der Waals surface area contributed by atoms with Crippen LogP contribution in [0.4, 0.5) is 0 Å². The van der Waals surface area contributed by atoms with Gasteiger partial charge in [-0.1, -0.05) is 37.4 Å². The first-order chi connectivity index (χ1) is 16.8. The van der Waals surface area contributed by atoms with E-state index in [0.717, 1.165) is 51.3 Å². The van der Waals surface area contributed by atoms with Gasteiger partial charge in [-0.05, 0) is 62.8 Å². The van der Waals surface area contributed by atoms with Gasteiger partial charge in [-0.2, -0.15) is 0 Å². The molecule has 0 bridgehead atoms. The minimum Gasteiger partial charge on any atom is -0.496 e. The molecular formula is C29H33N3O3. The van der Waals surface area contributed by atoms with Crippen LogP contribution in [-0.4, -0.2) is 27.6 Å².